The van der Waals surface area contributed by atoms with E-state index in [-0.39, 0.29) is 19.4 Å². The van der Waals surface area contributed by atoms with Gasteiger partial charge in [-0.25, -0.2) is 4.57 Å². The second-order valence-electron chi connectivity index (χ2n) is 11.5. The van der Waals surface area contributed by atoms with Crippen LogP contribution in [0.5, 0.6) is 0 Å². The summed E-state index contributed by atoms with van der Waals surface area (Å²) >= 11 is 0. The molecule has 8 nitrogen and oxygen atoms in total. The lowest BCUT2D eigenvalue weighted by atomic mass is 10.1. The molecule has 1 atom stereocenters. The van der Waals surface area contributed by atoms with Gasteiger partial charge >= 0.3 is 19.8 Å². The second kappa shape index (κ2) is 29.8. The first kappa shape index (κ1) is 40.8. The highest BCUT2D eigenvalue weighted by molar-refractivity contribution is 7.46. The summed E-state index contributed by atoms with van der Waals surface area (Å²) in [5.74, 6) is -0.892. The minimum atomic E-state index is -4.74. The first-order valence-corrected chi connectivity index (χ1v) is 18.5. The van der Waals surface area contributed by atoms with Crippen molar-refractivity contribution in [2.24, 2.45) is 0 Å². The first-order chi connectivity index (χ1) is 20.3. The molecule has 0 aliphatic carbocycles. The zero-order valence-electron chi connectivity index (χ0n) is 26.9. The number of hydrogen-bond acceptors (Lipinski definition) is 6. The van der Waals surface area contributed by atoms with Gasteiger partial charge in [0.25, 0.3) is 0 Å². The van der Waals surface area contributed by atoms with Crippen molar-refractivity contribution >= 4 is 19.8 Å². The third kappa shape index (κ3) is 31.7. The molecule has 0 fully saturated rings. The van der Waals surface area contributed by atoms with E-state index in [0.717, 1.165) is 51.4 Å². The number of hydrogen-bond donors (Lipinski definition) is 2. The van der Waals surface area contributed by atoms with E-state index in [9.17, 15) is 14.2 Å². The summed E-state index contributed by atoms with van der Waals surface area (Å²) in [5, 5.41) is 0. The van der Waals surface area contributed by atoms with Crippen LogP contribution in [0.1, 0.15) is 168 Å². The van der Waals surface area contributed by atoms with Gasteiger partial charge < -0.3 is 19.3 Å². The van der Waals surface area contributed by atoms with Gasteiger partial charge in [0.15, 0.2) is 6.10 Å². The molecule has 0 radical (unpaired) electrons. The topological polar surface area (TPSA) is 119 Å². The number of unbranched alkanes of at least 4 members (excludes halogenated alkanes) is 19. The fourth-order valence-corrected chi connectivity index (χ4v) is 5.08. The molecule has 0 heterocycles. The van der Waals surface area contributed by atoms with E-state index in [2.05, 4.69) is 30.5 Å². The van der Waals surface area contributed by atoms with Crippen LogP contribution in [0, 0.1) is 0 Å². The standard InChI is InChI=1S/C33H63O8P/c1-3-5-7-9-11-13-15-16-18-20-22-24-26-28-33(35)41-31(30-40-42(36,37)38)29-39-32(34)27-25-23-21-19-17-14-12-10-8-6-4-2/h13,15,31H,3-12,14,16-30H2,1-2H3,(H2,36,37,38)/b15-13-/t31-/m1/s1. The van der Waals surface area contributed by atoms with E-state index in [1.807, 2.05) is 0 Å². The number of carbonyl (C=O) groups is 2. The van der Waals surface area contributed by atoms with Gasteiger partial charge in [0.1, 0.15) is 6.61 Å². The van der Waals surface area contributed by atoms with E-state index in [1.54, 1.807) is 0 Å². The molecule has 0 aromatic carbocycles. The largest absolute Gasteiger partial charge is 0.469 e. The molecule has 2 N–H and O–H groups in total. The van der Waals surface area contributed by atoms with Crippen molar-refractivity contribution in [1.29, 1.82) is 0 Å². The molecule has 0 bridgehead atoms. The van der Waals surface area contributed by atoms with Crippen molar-refractivity contribution in [3.05, 3.63) is 12.2 Å². The van der Waals surface area contributed by atoms with Gasteiger partial charge in [0.2, 0.25) is 0 Å². The highest BCUT2D eigenvalue weighted by atomic mass is 31.2. The molecular weight excluding hydrogens is 555 g/mol. The summed E-state index contributed by atoms with van der Waals surface area (Å²) in [7, 11) is -4.74. The fraction of sp³-hybridized carbons (Fsp3) is 0.879. The van der Waals surface area contributed by atoms with Crippen LogP contribution in [0.25, 0.3) is 0 Å². The predicted octanol–water partition coefficient (Wildman–Crippen LogP) is 9.51. The Hall–Kier alpha value is -1.21. The maximum atomic E-state index is 12.3. The number of allylic oxidation sites excluding steroid dienone is 2. The van der Waals surface area contributed by atoms with Gasteiger partial charge in [-0.3, -0.25) is 14.1 Å². The van der Waals surface area contributed by atoms with Crippen LogP contribution in [-0.4, -0.2) is 41.0 Å². The van der Waals surface area contributed by atoms with Gasteiger partial charge in [-0.15, -0.1) is 0 Å². The molecule has 0 amide bonds. The van der Waals surface area contributed by atoms with Crippen molar-refractivity contribution < 1.29 is 37.9 Å². The molecule has 9 heteroatoms. The summed E-state index contributed by atoms with van der Waals surface area (Å²) < 4.78 is 26.2. The lowest BCUT2D eigenvalue weighted by Gasteiger charge is -2.18. The molecule has 0 aliphatic rings. The molecular formula is C33H63O8P. The average molecular weight is 619 g/mol. The van der Waals surface area contributed by atoms with Gasteiger partial charge in [-0.05, 0) is 38.5 Å². The SMILES string of the molecule is CCCCCC/C=C\CCCCCCCC(=O)O[C@H](COC(=O)CCCCCCCCCCCCC)COP(=O)(O)O. The molecule has 42 heavy (non-hydrogen) atoms. The Labute approximate surface area is 257 Å². The van der Waals surface area contributed by atoms with Crippen LogP contribution in [0.2, 0.25) is 0 Å². The molecule has 248 valence electrons. The Morgan fingerprint density at radius 2 is 1.00 bits per heavy atom. The third-order valence-corrected chi connectivity index (χ3v) is 7.77. The lowest BCUT2D eigenvalue weighted by molar-refractivity contribution is -0.161. The lowest BCUT2D eigenvalue weighted by Crippen LogP contribution is -2.29. The highest BCUT2D eigenvalue weighted by Crippen LogP contribution is 2.35. The Morgan fingerprint density at radius 3 is 1.48 bits per heavy atom. The molecule has 0 aliphatic heterocycles. The fourth-order valence-electron chi connectivity index (χ4n) is 4.72. The number of carbonyl (C=O) groups excluding carboxylic acids is 2. The first-order valence-electron chi connectivity index (χ1n) is 17.0. The zero-order valence-corrected chi connectivity index (χ0v) is 27.8. The molecule has 0 rings (SSSR count). The smallest absolute Gasteiger partial charge is 0.462 e. The summed E-state index contributed by atoms with van der Waals surface area (Å²) in [6.07, 6.45) is 29.3. The Bertz CT molecular complexity index is 706. The Morgan fingerprint density at radius 1 is 0.595 bits per heavy atom. The minimum absolute atomic E-state index is 0.205. The van der Waals surface area contributed by atoms with E-state index in [0.29, 0.717) is 6.42 Å². The van der Waals surface area contributed by atoms with Crippen LogP contribution in [0.15, 0.2) is 12.2 Å². The summed E-state index contributed by atoms with van der Waals surface area (Å²) in [4.78, 5) is 42.5. The number of ether oxygens (including phenoxy) is 2. The van der Waals surface area contributed by atoms with Crippen molar-refractivity contribution in [3.8, 4) is 0 Å². The van der Waals surface area contributed by atoms with Gasteiger partial charge in [0.05, 0.1) is 6.61 Å². The highest BCUT2D eigenvalue weighted by Gasteiger charge is 2.22. The van der Waals surface area contributed by atoms with Crippen molar-refractivity contribution in [2.45, 2.75) is 174 Å². The van der Waals surface area contributed by atoms with E-state index in [1.165, 1.54) is 83.5 Å². The summed E-state index contributed by atoms with van der Waals surface area (Å²) in [6.45, 7) is 3.63. The summed E-state index contributed by atoms with van der Waals surface area (Å²) in [6, 6.07) is 0. The van der Waals surface area contributed by atoms with E-state index in [4.69, 9.17) is 19.3 Å². The number of phosphoric acid groups is 1. The minimum Gasteiger partial charge on any atom is -0.462 e. The normalized spacial score (nSPS) is 12.6. The quantitative estimate of drug-likeness (QED) is 0.0341. The number of rotatable bonds is 31. The van der Waals surface area contributed by atoms with Crippen LogP contribution < -0.4 is 0 Å². The van der Waals surface area contributed by atoms with E-state index < -0.39 is 32.5 Å². The summed E-state index contributed by atoms with van der Waals surface area (Å²) in [5.41, 5.74) is 0. The van der Waals surface area contributed by atoms with Crippen molar-refractivity contribution in [1.82, 2.24) is 0 Å². The molecule has 0 aromatic heterocycles. The molecule has 0 unspecified atom stereocenters. The van der Waals surface area contributed by atoms with Crippen molar-refractivity contribution in [2.75, 3.05) is 13.2 Å². The van der Waals surface area contributed by atoms with Crippen LogP contribution in [-0.2, 0) is 28.2 Å². The monoisotopic (exact) mass is 618 g/mol. The molecule has 0 spiro atoms. The van der Waals surface area contributed by atoms with Crippen molar-refractivity contribution in [3.63, 3.8) is 0 Å². The third-order valence-electron chi connectivity index (χ3n) is 7.28. The Balaban J connectivity index is 4.02. The maximum Gasteiger partial charge on any atom is 0.469 e. The number of esters is 2. The molecule has 0 aromatic rings. The molecule has 0 saturated carbocycles. The average Bonchev–Trinajstić information content (AvgIpc) is 2.95. The van der Waals surface area contributed by atoms with Gasteiger partial charge in [-0.1, -0.05) is 129 Å². The zero-order chi connectivity index (χ0) is 31.2. The van der Waals surface area contributed by atoms with E-state index >= 15 is 0 Å². The predicted molar refractivity (Wildman–Crippen MR) is 170 cm³/mol. The maximum absolute atomic E-state index is 12.3. The number of phosphoric ester groups is 1. The van der Waals surface area contributed by atoms with Crippen LogP contribution in [0.3, 0.4) is 0 Å². The van der Waals surface area contributed by atoms with Gasteiger partial charge in [-0.2, -0.15) is 0 Å². The van der Waals surface area contributed by atoms with Crippen LogP contribution >= 0.6 is 7.82 Å². The Kier molecular flexibility index (Phi) is 29.0. The molecule has 0 saturated heterocycles. The van der Waals surface area contributed by atoms with Gasteiger partial charge in [0, 0.05) is 12.8 Å². The van der Waals surface area contributed by atoms with Crippen LogP contribution in [0.4, 0.5) is 0 Å². The second-order valence-corrected chi connectivity index (χ2v) is 12.7.